The van der Waals surface area contributed by atoms with Gasteiger partial charge in [-0.2, -0.15) is 0 Å². The first-order chi connectivity index (χ1) is 23.7. The van der Waals surface area contributed by atoms with Crippen LogP contribution in [0.4, 0.5) is 0 Å². The van der Waals surface area contributed by atoms with E-state index in [4.69, 9.17) is 4.74 Å². The van der Waals surface area contributed by atoms with Gasteiger partial charge in [0.1, 0.15) is 5.75 Å². The van der Waals surface area contributed by atoms with Gasteiger partial charge in [-0.05, 0) is 139 Å². The number of nitrogens with one attached hydrogen (secondary N) is 1. The summed E-state index contributed by atoms with van der Waals surface area (Å²) in [6.45, 7) is 22.3. The Morgan fingerprint density at radius 1 is 0.920 bits per heavy atom. The van der Waals surface area contributed by atoms with E-state index in [-0.39, 0.29) is 46.2 Å². The van der Waals surface area contributed by atoms with Crippen molar-refractivity contribution in [3.05, 3.63) is 48.1 Å². The lowest BCUT2D eigenvalue weighted by molar-refractivity contribution is -0.225. The van der Waals surface area contributed by atoms with Gasteiger partial charge in [-0.15, -0.1) is 0 Å². The molecule has 276 valence electrons. The number of carbonyl (C=O) groups excluding carboxylic acids is 2. The molecule has 0 radical (unpaired) electrons. The van der Waals surface area contributed by atoms with Crippen LogP contribution in [0.2, 0.25) is 0 Å². The molecule has 0 spiro atoms. The van der Waals surface area contributed by atoms with Crippen LogP contribution in [-0.4, -0.2) is 66.9 Å². The van der Waals surface area contributed by atoms with Crippen LogP contribution in [0.5, 0.6) is 5.75 Å². The Morgan fingerprint density at radius 2 is 1.62 bits per heavy atom. The van der Waals surface area contributed by atoms with Crippen molar-refractivity contribution >= 4 is 18.0 Å². The summed E-state index contributed by atoms with van der Waals surface area (Å²) < 4.78 is 5.09. The van der Waals surface area contributed by atoms with Crippen LogP contribution >= 0.6 is 0 Å². The van der Waals surface area contributed by atoms with Gasteiger partial charge in [0, 0.05) is 26.2 Å². The van der Waals surface area contributed by atoms with Crippen LogP contribution < -0.4 is 10.1 Å². The molecule has 1 aromatic carbocycles. The van der Waals surface area contributed by atoms with E-state index in [0.29, 0.717) is 68.0 Å². The van der Waals surface area contributed by atoms with E-state index in [1.807, 2.05) is 17.0 Å². The van der Waals surface area contributed by atoms with Gasteiger partial charge in [0.15, 0.2) is 0 Å². The lowest BCUT2D eigenvalue weighted by Crippen LogP contribution is -2.66. The number of fused-ring (bicyclic) bond motifs is 7. The molecule has 0 saturated heterocycles. The number of hydrogen-bond donors (Lipinski definition) is 3. The van der Waals surface area contributed by atoms with Gasteiger partial charge in [0.2, 0.25) is 5.91 Å². The van der Waals surface area contributed by atoms with Crippen LogP contribution in [0.1, 0.15) is 105 Å². The van der Waals surface area contributed by atoms with Gasteiger partial charge >= 0.3 is 0 Å². The Morgan fingerprint density at radius 3 is 2.26 bits per heavy atom. The molecule has 0 aliphatic heterocycles. The standard InChI is InChI=1S/C43H64N2O5/c1-29(2)32-14-19-43(38(49)44-22-23-45(24-26-46)25-27-47)21-20-41(6)34(37(32)43)12-13-36-40(5)17-15-33(30-8-10-31(11-9-30)50-28-48)39(3,4)35(40)16-18-42(36,41)7/h8-11,15,28,32,34-37,46-47H,1,12-14,16-27H2,2-7H3,(H,44,49)/t32-,34+,35-,36+,37+,40-,41+,42+,43-/m0/s1. The van der Waals surface area contributed by atoms with Crippen LogP contribution in [0.15, 0.2) is 42.5 Å². The van der Waals surface area contributed by atoms with Crippen molar-refractivity contribution in [2.45, 2.75) is 99.3 Å². The van der Waals surface area contributed by atoms with E-state index in [2.05, 4.69) is 71.6 Å². The Hall–Kier alpha value is -2.48. The topological polar surface area (TPSA) is 99.1 Å². The van der Waals surface area contributed by atoms with Crippen molar-refractivity contribution < 1.29 is 24.5 Å². The Balaban J connectivity index is 1.27. The first kappa shape index (κ1) is 37.3. The van der Waals surface area contributed by atoms with Gasteiger partial charge in [-0.1, -0.05) is 65.0 Å². The number of ether oxygens (including phenoxy) is 1. The minimum Gasteiger partial charge on any atom is -0.429 e. The highest BCUT2D eigenvalue weighted by Gasteiger charge is 2.71. The second-order valence-corrected chi connectivity index (χ2v) is 18.2. The molecule has 6 rings (SSSR count). The SMILES string of the molecule is C=C(C)[C@@H]1CC[C@]2(C(=O)NCCN(CCO)CCO)CC[C@]3(C)[C@H](CC[C@@H]4[C@@]5(C)CC=C(c6ccc(OC=O)cc6)C(C)(C)[C@@H]5CC[C@]43C)[C@@H]12. The smallest absolute Gasteiger partial charge is 0.298 e. The van der Waals surface area contributed by atoms with Crippen molar-refractivity contribution in [1.29, 1.82) is 0 Å². The molecule has 1 amide bonds. The van der Waals surface area contributed by atoms with E-state index < -0.39 is 0 Å². The zero-order chi connectivity index (χ0) is 36.1. The normalized spacial score (nSPS) is 38.6. The molecule has 4 fully saturated rings. The predicted molar refractivity (Wildman–Crippen MR) is 199 cm³/mol. The molecule has 0 aromatic heterocycles. The van der Waals surface area contributed by atoms with Gasteiger partial charge in [-0.25, -0.2) is 0 Å². The molecule has 7 heteroatoms. The highest BCUT2D eigenvalue weighted by atomic mass is 16.5. The molecule has 0 bridgehead atoms. The van der Waals surface area contributed by atoms with Gasteiger partial charge < -0.3 is 20.3 Å². The third kappa shape index (κ3) is 5.73. The van der Waals surface area contributed by atoms with Gasteiger partial charge in [0.05, 0.1) is 18.6 Å². The number of nitrogens with zero attached hydrogens (tertiary/aromatic N) is 1. The van der Waals surface area contributed by atoms with Gasteiger partial charge in [0.25, 0.3) is 6.47 Å². The summed E-state index contributed by atoms with van der Waals surface area (Å²) in [4.78, 5) is 27.3. The fourth-order valence-electron chi connectivity index (χ4n) is 13.5. The summed E-state index contributed by atoms with van der Waals surface area (Å²) in [5.74, 6) is 3.16. The average Bonchev–Trinajstić information content (AvgIpc) is 3.47. The lowest BCUT2D eigenvalue weighted by Gasteiger charge is -2.72. The van der Waals surface area contributed by atoms with Crippen molar-refractivity contribution in [1.82, 2.24) is 10.2 Å². The quantitative estimate of drug-likeness (QED) is 0.158. The van der Waals surface area contributed by atoms with Crippen molar-refractivity contribution in [3.8, 4) is 5.75 Å². The summed E-state index contributed by atoms with van der Waals surface area (Å²) in [5.41, 5.74) is 4.08. The number of hydrogen-bond acceptors (Lipinski definition) is 6. The van der Waals surface area contributed by atoms with E-state index in [0.717, 1.165) is 32.1 Å². The van der Waals surface area contributed by atoms with Crippen LogP contribution in [-0.2, 0) is 9.59 Å². The molecule has 0 heterocycles. The third-order valence-corrected chi connectivity index (χ3v) is 16.0. The minimum atomic E-state index is -0.354. The lowest BCUT2D eigenvalue weighted by atomic mass is 9.32. The van der Waals surface area contributed by atoms with Crippen molar-refractivity contribution in [3.63, 3.8) is 0 Å². The minimum absolute atomic E-state index is 0.0133. The highest BCUT2D eigenvalue weighted by Crippen LogP contribution is 2.77. The molecule has 5 aliphatic carbocycles. The number of benzene rings is 1. The largest absolute Gasteiger partial charge is 0.429 e. The predicted octanol–water partition coefficient (Wildman–Crippen LogP) is 7.28. The molecule has 0 unspecified atom stereocenters. The van der Waals surface area contributed by atoms with Gasteiger partial charge in [-0.3, -0.25) is 14.5 Å². The number of carbonyl (C=O) groups is 2. The van der Waals surface area contributed by atoms with Crippen LogP contribution in [0, 0.1) is 56.7 Å². The maximum absolute atomic E-state index is 14.4. The monoisotopic (exact) mass is 688 g/mol. The maximum Gasteiger partial charge on any atom is 0.298 e. The van der Waals surface area contributed by atoms with E-state index in [9.17, 15) is 19.8 Å². The molecular formula is C43H64N2O5. The zero-order valence-electron chi connectivity index (χ0n) is 31.7. The summed E-state index contributed by atoms with van der Waals surface area (Å²) in [5, 5.41) is 22.3. The second kappa shape index (κ2) is 13.8. The Kier molecular flexibility index (Phi) is 10.3. The molecule has 9 atom stereocenters. The summed E-state index contributed by atoms with van der Waals surface area (Å²) in [6, 6.07) is 8.03. The Bertz CT molecular complexity index is 1460. The maximum atomic E-state index is 14.4. The number of rotatable bonds is 12. The molecule has 7 nitrogen and oxygen atoms in total. The summed E-state index contributed by atoms with van der Waals surface area (Å²) in [6.07, 6.45) is 12.5. The number of aliphatic hydroxyl groups is 2. The summed E-state index contributed by atoms with van der Waals surface area (Å²) >= 11 is 0. The molecule has 1 aromatic rings. The first-order valence-electron chi connectivity index (χ1n) is 19.5. The first-order valence-corrected chi connectivity index (χ1v) is 19.5. The molecular weight excluding hydrogens is 624 g/mol. The van der Waals surface area contributed by atoms with Crippen molar-refractivity contribution in [2.75, 3.05) is 39.4 Å². The molecule has 5 aliphatic rings. The number of amides is 1. The number of allylic oxidation sites excluding steroid dienone is 3. The second-order valence-electron chi connectivity index (χ2n) is 18.2. The van der Waals surface area contributed by atoms with E-state index in [1.54, 1.807) is 0 Å². The summed E-state index contributed by atoms with van der Waals surface area (Å²) in [7, 11) is 0. The highest BCUT2D eigenvalue weighted by molar-refractivity contribution is 5.84. The zero-order valence-corrected chi connectivity index (χ0v) is 31.7. The molecule has 4 saturated carbocycles. The molecule has 3 N–H and O–H groups in total. The fourth-order valence-corrected chi connectivity index (χ4v) is 13.5. The van der Waals surface area contributed by atoms with Crippen LogP contribution in [0.25, 0.3) is 5.57 Å². The van der Waals surface area contributed by atoms with Crippen molar-refractivity contribution in [2.24, 2.45) is 56.7 Å². The number of aliphatic hydroxyl groups excluding tert-OH is 2. The fraction of sp³-hybridized carbons (Fsp3) is 0.721. The Labute approximate surface area is 301 Å². The van der Waals surface area contributed by atoms with E-state index >= 15 is 0 Å². The molecule has 50 heavy (non-hydrogen) atoms. The average molecular weight is 689 g/mol. The third-order valence-electron chi connectivity index (χ3n) is 16.0. The van der Waals surface area contributed by atoms with Crippen LogP contribution in [0.3, 0.4) is 0 Å². The van der Waals surface area contributed by atoms with E-state index in [1.165, 1.54) is 42.4 Å².